The number of carbonyl (C=O) groups is 1. The number of amides is 1. The number of carbonyl (C=O) groups excluding carboxylic acids is 1. The van der Waals surface area contributed by atoms with E-state index < -0.39 is 10.0 Å². The summed E-state index contributed by atoms with van der Waals surface area (Å²) in [5.41, 5.74) is 2.91. The van der Waals surface area contributed by atoms with E-state index in [1.54, 1.807) is 4.90 Å². The molecule has 1 saturated heterocycles. The van der Waals surface area contributed by atoms with Crippen molar-refractivity contribution >= 4 is 27.7 Å². The van der Waals surface area contributed by atoms with Crippen molar-refractivity contribution < 1.29 is 13.2 Å². The zero-order valence-corrected chi connectivity index (χ0v) is 20.3. The minimum Gasteiger partial charge on any atom is -0.339 e. The van der Waals surface area contributed by atoms with Gasteiger partial charge in [0.05, 0.1) is 11.5 Å². The number of nitrogens with zero attached hydrogens (tertiary/aromatic N) is 5. The minimum atomic E-state index is -3.40. The number of hydrogen-bond acceptors (Lipinski definition) is 6. The highest BCUT2D eigenvalue weighted by Crippen LogP contribution is 2.23. The van der Waals surface area contributed by atoms with Crippen LogP contribution < -0.4 is 0 Å². The van der Waals surface area contributed by atoms with Gasteiger partial charge in [-0.3, -0.25) is 4.79 Å². The van der Waals surface area contributed by atoms with E-state index in [1.807, 2.05) is 73.1 Å². The molecule has 10 heteroatoms. The Kier molecular flexibility index (Phi) is 7.16. The molecule has 0 unspecified atom stereocenters. The van der Waals surface area contributed by atoms with Crippen LogP contribution in [-0.2, 0) is 27.6 Å². The molecule has 0 spiro atoms. The summed E-state index contributed by atoms with van der Waals surface area (Å²) in [7, 11) is -1.52. The lowest BCUT2D eigenvalue weighted by Gasteiger charge is -2.34. The lowest BCUT2D eigenvalue weighted by Crippen LogP contribution is -2.51. The average Bonchev–Trinajstić information content (AvgIpc) is 3.18. The van der Waals surface area contributed by atoms with Gasteiger partial charge in [-0.1, -0.05) is 71.9 Å². The Hall–Kier alpha value is -2.69. The van der Waals surface area contributed by atoms with Gasteiger partial charge >= 0.3 is 0 Å². The monoisotopic (exact) mass is 485 g/mol. The zero-order valence-electron chi connectivity index (χ0n) is 18.7. The van der Waals surface area contributed by atoms with Gasteiger partial charge in [0, 0.05) is 38.8 Å². The standard InChI is InChI=1S/C23H27N5O3S2/c1-18-8-10-20(11-9-18)22-24-25-23(26(22)2)32-16-21(29)27-12-14-28(15-13-27)33(30,31)17-19-6-4-3-5-7-19/h3-11H,12-17H2,1-2H3. The van der Waals surface area contributed by atoms with Crippen molar-refractivity contribution in [2.24, 2.45) is 7.05 Å². The summed E-state index contributed by atoms with van der Waals surface area (Å²) in [4.78, 5) is 14.4. The molecule has 0 N–H and O–H groups in total. The first-order valence-electron chi connectivity index (χ1n) is 10.7. The molecule has 1 aliphatic rings. The highest BCUT2D eigenvalue weighted by molar-refractivity contribution is 7.99. The highest BCUT2D eigenvalue weighted by Gasteiger charge is 2.29. The van der Waals surface area contributed by atoms with Crippen LogP contribution in [0.1, 0.15) is 11.1 Å². The molecule has 2 heterocycles. The molecule has 1 aromatic heterocycles. The molecular weight excluding hydrogens is 458 g/mol. The summed E-state index contributed by atoms with van der Waals surface area (Å²) < 4.78 is 28.8. The van der Waals surface area contributed by atoms with Crippen LogP contribution in [0.25, 0.3) is 11.4 Å². The lowest BCUT2D eigenvalue weighted by atomic mass is 10.1. The Morgan fingerprint density at radius 1 is 0.970 bits per heavy atom. The predicted molar refractivity (Wildman–Crippen MR) is 129 cm³/mol. The maximum atomic E-state index is 12.7. The van der Waals surface area contributed by atoms with Crippen LogP contribution in [0.5, 0.6) is 0 Å². The van der Waals surface area contributed by atoms with Crippen molar-refractivity contribution in [3.63, 3.8) is 0 Å². The van der Waals surface area contributed by atoms with Crippen LogP contribution in [-0.4, -0.2) is 70.2 Å². The number of hydrogen-bond donors (Lipinski definition) is 0. The average molecular weight is 486 g/mol. The molecule has 8 nitrogen and oxygen atoms in total. The van der Waals surface area contributed by atoms with Gasteiger partial charge in [-0.25, -0.2) is 8.42 Å². The summed E-state index contributed by atoms with van der Waals surface area (Å²) in [5, 5.41) is 9.17. The fourth-order valence-corrected chi connectivity index (χ4v) is 6.03. The highest BCUT2D eigenvalue weighted by atomic mass is 32.2. The van der Waals surface area contributed by atoms with Crippen molar-refractivity contribution in [2.45, 2.75) is 17.8 Å². The van der Waals surface area contributed by atoms with Gasteiger partial charge in [0.2, 0.25) is 15.9 Å². The first kappa shape index (κ1) is 23.5. The lowest BCUT2D eigenvalue weighted by molar-refractivity contribution is -0.129. The van der Waals surface area contributed by atoms with Crippen LogP contribution in [0.2, 0.25) is 0 Å². The molecule has 0 saturated carbocycles. The summed E-state index contributed by atoms with van der Waals surface area (Å²) in [6.07, 6.45) is 0. The second kappa shape index (κ2) is 10.1. The molecule has 1 amide bonds. The zero-order chi connectivity index (χ0) is 23.4. The van der Waals surface area contributed by atoms with E-state index in [9.17, 15) is 13.2 Å². The second-order valence-corrected chi connectivity index (χ2v) is 11.0. The van der Waals surface area contributed by atoms with E-state index in [-0.39, 0.29) is 17.4 Å². The molecule has 2 aromatic carbocycles. The number of thioether (sulfide) groups is 1. The van der Waals surface area contributed by atoms with Gasteiger partial charge in [0.25, 0.3) is 0 Å². The maximum Gasteiger partial charge on any atom is 0.233 e. The minimum absolute atomic E-state index is 0.0207. The van der Waals surface area contributed by atoms with E-state index in [4.69, 9.17) is 0 Å². The normalized spacial score (nSPS) is 15.0. The molecule has 174 valence electrons. The summed E-state index contributed by atoms with van der Waals surface area (Å²) in [6, 6.07) is 17.2. The van der Waals surface area contributed by atoms with Gasteiger partial charge in [0.1, 0.15) is 0 Å². The van der Waals surface area contributed by atoms with Gasteiger partial charge in [0.15, 0.2) is 11.0 Å². The number of sulfonamides is 1. The molecular formula is C23H27N5O3S2. The van der Waals surface area contributed by atoms with Crippen molar-refractivity contribution in [3.05, 3.63) is 65.7 Å². The van der Waals surface area contributed by atoms with Crippen molar-refractivity contribution in [3.8, 4) is 11.4 Å². The molecule has 4 rings (SSSR count). The first-order valence-corrected chi connectivity index (χ1v) is 13.3. The number of aryl methyl sites for hydroxylation is 1. The number of benzene rings is 2. The molecule has 0 radical (unpaired) electrons. The molecule has 1 fully saturated rings. The fourth-order valence-electron chi connectivity index (χ4n) is 3.70. The van der Waals surface area contributed by atoms with E-state index >= 15 is 0 Å². The number of piperazine rings is 1. The molecule has 1 aliphatic heterocycles. The van der Waals surface area contributed by atoms with Crippen molar-refractivity contribution in [2.75, 3.05) is 31.9 Å². The van der Waals surface area contributed by atoms with Gasteiger partial charge in [-0.05, 0) is 12.5 Å². The third-order valence-corrected chi connectivity index (χ3v) is 8.50. The summed E-state index contributed by atoms with van der Waals surface area (Å²) >= 11 is 1.34. The summed E-state index contributed by atoms with van der Waals surface area (Å²) in [6.45, 7) is 3.44. The molecule has 0 atom stereocenters. The third kappa shape index (κ3) is 5.63. The van der Waals surface area contributed by atoms with Gasteiger partial charge < -0.3 is 9.47 Å². The molecule has 3 aromatic rings. The largest absolute Gasteiger partial charge is 0.339 e. The van der Waals surface area contributed by atoms with E-state index in [2.05, 4.69) is 10.2 Å². The molecule has 0 aliphatic carbocycles. The topological polar surface area (TPSA) is 88.4 Å². The van der Waals surface area contributed by atoms with Gasteiger partial charge in [-0.15, -0.1) is 10.2 Å². The predicted octanol–water partition coefficient (Wildman–Crippen LogP) is 2.56. The Bertz CT molecular complexity index is 1200. The first-order chi connectivity index (χ1) is 15.8. The number of rotatable bonds is 7. The van der Waals surface area contributed by atoms with Gasteiger partial charge in [-0.2, -0.15) is 4.31 Å². The molecule has 33 heavy (non-hydrogen) atoms. The Morgan fingerprint density at radius 3 is 2.30 bits per heavy atom. The second-order valence-electron chi connectivity index (χ2n) is 8.04. The Balaban J connectivity index is 1.30. The van der Waals surface area contributed by atoms with Crippen LogP contribution in [0.3, 0.4) is 0 Å². The van der Waals surface area contributed by atoms with Crippen molar-refractivity contribution in [1.82, 2.24) is 24.0 Å². The van der Waals surface area contributed by atoms with E-state index in [0.29, 0.717) is 31.3 Å². The molecule has 0 bridgehead atoms. The maximum absolute atomic E-state index is 12.7. The van der Waals surface area contributed by atoms with Crippen molar-refractivity contribution in [1.29, 1.82) is 0 Å². The fraction of sp³-hybridized carbons (Fsp3) is 0.348. The van der Waals surface area contributed by atoms with Crippen LogP contribution in [0.4, 0.5) is 0 Å². The number of aromatic nitrogens is 3. The quantitative estimate of drug-likeness (QED) is 0.478. The van der Waals surface area contributed by atoms with E-state index in [1.165, 1.54) is 21.6 Å². The third-order valence-electron chi connectivity index (χ3n) is 5.65. The SMILES string of the molecule is Cc1ccc(-c2nnc(SCC(=O)N3CCN(S(=O)(=O)Cc4ccccc4)CC3)n2C)cc1. The summed E-state index contributed by atoms with van der Waals surface area (Å²) in [5.74, 6) is 0.936. The van der Waals surface area contributed by atoms with Crippen LogP contribution >= 0.6 is 11.8 Å². The van der Waals surface area contributed by atoms with Crippen LogP contribution in [0.15, 0.2) is 59.8 Å². The smallest absolute Gasteiger partial charge is 0.233 e. The van der Waals surface area contributed by atoms with Crippen LogP contribution in [0, 0.1) is 6.92 Å². The van der Waals surface area contributed by atoms with E-state index in [0.717, 1.165) is 17.0 Å². The Labute approximate surface area is 198 Å². The Morgan fingerprint density at radius 2 is 1.64 bits per heavy atom.